The zero-order valence-electron chi connectivity index (χ0n) is 13.0. The zero-order chi connectivity index (χ0) is 15.1. The molecule has 1 aliphatic heterocycles. The van der Waals surface area contributed by atoms with E-state index < -0.39 is 25.5 Å². The lowest BCUT2D eigenvalue weighted by atomic mass is 10.1. The van der Waals surface area contributed by atoms with Gasteiger partial charge in [-0.05, 0) is 32.1 Å². The van der Waals surface area contributed by atoms with Gasteiger partial charge in [0.25, 0.3) is 0 Å². The van der Waals surface area contributed by atoms with Crippen molar-refractivity contribution in [2.24, 2.45) is 0 Å². The van der Waals surface area contributed by atoms with E-state index in [1.807, 2.05) is 5.32 Å². The molecule has 0 saturated carbocycles. The van der Waals surface area contributed by atoms with Crippen LogP contribution in [0.1, 0.15) is 24.1 Å². The molecule has 0 aliphatic carbocycles. The Balaban J connectivity index is 2.24. The molecule has 1 unspecified atom stereocenters. The number of benzene rings is 1. The highest BCUT2D eigenvalue weighted by Crippen LogP contribution is 2.32. The first-order valence-electron chi connectivity index (χ1n) is 6.90. The van der Waals surface area contributed by atoms with Gasteiger partial charge in [-0.25, -0.2) is 0 Å². The number of hydrogen-bond donors (Lipinski definition) is 1. The van der Waals surface area contributed by atoms with Gasteiger partial charge in [0.15, 0.2) is 17.3 Å². The minimum Gasteiger partial charge on any atom is -0.454 e. The zero-order valence-corrected chi connectivity index (χ0v) is 8.03. The van der Waals surface area contributed by atoms with Crippen molar-refractivity contribution >= 4 is 5.78 Å². The van der Waals surface area contributed by atoms with Crippen molar-refractivity contribution in [3.8, 4) is 11.5 Å². The van der Waals surface area contributed by atoms with E-state index in [9.17, 15) is 4.79 Å². The number of Topliss-reactive ketones (excluding diaryl/α,β-unsaturated/α-hetero) is 1. The van der Waals surface area contributed by atoms with E-state index >= 15 is 0 Å². The maximum Gasteiger partial charge on any atom is 0.231 e. The topological polar surface area (TPSA) is 47.6 Å². The summed E-state index contributed by atoms with van der Waals surface area (Å²) in [6, 6.07) is 2.18. The molecule has 4 heteroatoms. The molecule has 2 atom stereocenters. The number of ketones is 1. The molecule has 1 N–H and O–H groups in total. The number of rotatable bonds is 3. The third-order valence-corrected chi connectivity index (χ3v) is 2.08. The number of hydrogen-bond acceptors (Lipinski definition) is 4. The normalized spacial score (nSPS) is 27.8. The number of nitrogens with one attached hydrogen (secondary N) is 1. The van der Waals surface area contributed by atoms with Gasteiger partial charge >= 0.3 is 0 Å². The van der Waals surface area contributed by atoms with Crippen molar-refractivity contribution in [2.75, 3.05) is 13.7 Å². The van der Waals surface area contributed by atoms with Crippen LogP contribution in [0.3, 0.4) is 0 Å². The van der Waals surface area contributed by atoms with Crippen LogP contribution in [-0.2, 0) is 0 Å². The average molecular weight is 212 g/mol. The first kappa shape index (κ1) is 5.51. The van der Waals surface area contributed by atoms with E-state index in [-0.39, 0.29) is 11.3 Å². The molecule has 15 heavy (non-hydrogen) atoms. The predicted molar refractivity (Wildman–Crippen MR) is 55.4 cm³/mol. The Bertz CT molecular complexity index is 543. The largest absolute Gasteiger partial charge is 0.454 e. The lowest BCUT2D eigenvalue weighted by molar-refractivity contribution is 0.0954. The fraction of sp³-hybridized carbons (Fsp3) is 0.364. The van der Waals surface area contributed by atoms with Crippen molar-refractivity contribution in [3.63, 3.8) is 0 Å². The first-order valence-corrected chi connectivity index (χ1v) is 4.32. The van der Waals surface area contributed by atoms with Crippen molar-refractivity contribution in [1.29, 1.82) is 0 Å². The van der Waals surface area contributed by atoms with Crippen molar-refractivity contribution in [3.05, 3.63) is 23.8 Å². The molecule has 0 fully saturated rings. The fourth-order valence-corrected chi connectivity index (χ4v) is 1.24. The molecule has 1 heterocycles. The van der Waals surface area contributed by atoms with E-state index in [1.165, 1.54) is 25.1 Å². The molecule has 1 aromatic carbocycles. The monoisotopic (exact) mass is 212 g/mol. The first-order chi connectivity index (χ1) is 9.08. The lowest BCUT2D eigenvalue weighted by Crippen LogP contribution is -2.30. The summed E-state index contributed by atoms with van der Waals surface area (Å²) >= 11 is 0. The number of ether oxygens (including phenoxy) is 2. The van der Waals surface area contributed by atoms with Crippen LogP contribution < -0.4 is 14.8 Å². The molecule has 80 valence electrons. The standard InChI is InChI=1S/C11H13NO3/c1-7(12-2)11(13)8-3-4-9-10(5-8)15-6-14-9/h3-5,7,12H,6H2,1-2H3/t7-/m0/s1/i2D3,6D,7D/t6?,7-. The van der Waals surface area contributed by atoms with E-state index in [0.29, 0.717) is 5.75 Å². The Kier molecular flexibility index (Phi) is 1.43. The molecule has 1 aromatic rings. The van der Waals surface area contributed by atoms with Crippen LogP contribution in [0.5, 0.6) is 11.5 Å². The van der Waals surface area contributed by atoms with Gasteiger partial charge in [-0.1, -0.05) is 0 Å². The van der Waals surface area contributed by atoms with Crippen molar-refractivity contribution in [1.82, 2.24) is 5.32 Å². The third kappa shape index (κ3) is 1.80. The second kappa shape index (κ2) is 3.90. The van der Waals surface area contributed by atoms with Gasteiger partial charge in [-0.3, -0.25) is 4.79 Å². The number of carbonyl (C=O) groups excluding carboxylic acids is 1. The molecule has 0 aromatic heterocycles. The van der Waals surface area contributed by atoms with Crippen LogP contribution in [0.4, 0.5) is 0 Å². The third-order valence-electron chi connectivity index (χ3n) is 2.08. The SMILES string of the molecule is [2H]C1Oc2ccc(C(=O)[C@]([2H])(C)NC([2H])([2H])[2H])cc2O1. The Labute approximate surface area is 95.2 Å². The summed E-state index contributed by atoms with van der Waals surface area (Å²) < 4.78 is 46.3. The summed E-state index contributed by atoms with van der Waals surface area (Å²) in [4.78, 5) is 12.2. The number of fused-ring (bicyclic) bond motifs is 1. The predicted octanol–water partition coefficient (Wildman–Crippen LogP) is 1.21. The summed E-state index contributed by atoms with van der Waals surface area (Å²) in [7, 11) is 0. The Morgan fingerprint density at radius 2 is 2.47 bits per heavy atom. The number of carbonyl (C=O) groups is 1. The summed E-state index contributed by atoms with van der Waals surface area (Å²) in [6.45, 7) is -2.62. The molecule has 2 rings (SSSR count). The summed E-state index contributed by atoms with van der Waals surface area (Å²) in [5, 5.41) is 1.98. The van der Waals surface area contributed by atoms with Gasteiger partial charge in [-0.2, -0.15) is 0 Å². The van der Waals surface area contributed by atoms with Gasteiger partial charge < -0.3 is 14.8 Å². The highest BCUT2D eigenvalue weighted by molar-refractivity contribution is 6.00. The Morgan fingerprint density at radius 1 is 1.67 bits per heavy atom. The van der Waals surface area contributed by atoms with Crippen LogP contribution in [-0.4, -0.2) is 25.5 Å². The summed E-state index contributed by atoms with van der Waals surface area (Å²) in [5.74, 6) is -0.161. The lowest BCUT2D eigenvalue weighted by Gasteiger charge is -2.09. The van der Waals surface area contributed by atoms with E-state index in [1.54, 1.807) is 0 Å². The van der Waals surface area contributed by atoms with E-state index in [0.717, 1.165) is 0 Å². The number of likely N-dealkylation sites (N-methyl/N-ethyl adjacent to an activating group) is 1. The molecular formula is C11H13NO3. The second-order valence-electron chi connectivity index (χ2n) is 3.07. The molecule has 0 saturated heterocycles. The maximum atomic E-state index is 12.2. The molecule has 1 aliphatic rings. The molecule has 0 bridgehead atoms. The van der Waals surface area contributed by atoms with Gasteiger partial charge in [-0.15, -0.1) is 0 Å². The highest BCUT2D eigenvalue weighted by atomic mass is 16.7. The van der Waals surface area contributed by atoms with Gasteiger partial charge in [0.05, 0.1) is 7.39 Å². The van der Waals surface area contributed by atoms with Gasteiger partial charge in [0.1, 0.15) is 1.37 Å². The minimum atomic E-state index is -2.60. The molecule has 0 amide bonds. The van der Waals surface area contributed by atoms with Crippen molar-refractivity contribution in [2.45, 2.75) is 12.9 Å². The highest BCUT2D eigenvalue weighted by Gasteiger charge is 2.18. The Morgan fingerprint density at radius 3 is 3.27 bits per heavy atom. The average Bonchev–Trinajstić information content (AvgIpc) is 2.63. The van der Waals surface area contributed by atoms with Crippen LogP contribution in [0.15, 0.2) is 18.2 Å². The maximum absolute atomic E-state index is 12.2. The molecular weight excluding hydrogens is 194 g/mol. The van der Waals surface area contributed by atoms with Crippen LogP contribution in [0.2, 0.25) is 0 Å². The fourth-order valence-electron chi connectivity index (χ4n) is 1.24. The smallest absolute Gasteiger partial charge is 0.231 e. The van der Waals surface area contributed by atoms with Crippen LogP contribution in [0.25, 0.3) is 0 Å². The molecule has 0 radical (unpaired) electrons. The van der Waals surface area contributed by atoms with E-state index in [4.69, 9.17) is 16.3 Å². The van der Waals surface area contributed by atoms with Crippen molar-refractivity contribution < 1.29 is 21.1 Å². The molecule has 0 spiro atoms. The summed E-state index contributed by atoms with van der Waals surface area (Å²) in [5.41, 5.74) is 0.107. The van der Waals surface area contributed by atoms with Gasteiger partial charge in [0.2, 0.25) is 6.77 Å². The Hall–Kier alpha value is -1.55. The quantitative estimate of drug-likeness (QED) is 0.765. The second-order valence-corrected chi connectivity index (χ2v) is 3.07. The van der Waals surface area contributed by atoms with E-state index in [2.05, 4.69) is 0 Å². The summed E-state index contributed by atoms with van der Waals surface area (Å²) in [6.07, 6.45) is 0. The van der Waals surface area contributed by atoms with Gasteiger partial charge in [0, 0.05) is 9.68 Å². The van der Waals surface area contributed by atoms with Crippen LogP contribution in [0, 0.1) is 0 Å². The van der Waals surface area contributed by atoms with Crippen LogP contribution >= 0.6 is 0 Å². The minimum absolute atomic E-state index is 0.107. The molecule has 4 nitrogen and oxygen atoms in total.